The minimum atomic E-state index is -0.466. The van der Waals surface area contributed by atoms with Crippen molar-refractivity contribution in [3.63, 3.8) is 0 Å². The van der Waals surface area contributed by atoms with E-state index in [-0.39, 0.29) is 11.9 Å². The number of nitrogens with one attached hydrogen (secondary N) is 2. The number of hydrogen-bond donors (Lipinski definition) is 2. The average molecular weight is 350 g/mol. The topological polar surface area (TPSA) is 79.3 Å². The van der Waals surface area contributed by atoms with Crippen molar-refractivity contribution in [3.05, 3.63) is 41.2 Å². The lowest BCUT2D eigenvalue weighted by Crippen LogP contribution is -2.33. The second kappa shape index (κ2) is 7.35. The fourth-order valence-corrected chi connectivity index (χ4v) is 2.13. The maximum absolute atomic E-state index is 12.4. The monoisotopic (exact) mass is 349 g/mol. The fourth-order valence-electron chi connectivity index (χ4n) is 1.96. The van der Waals surface area contributed by atoms with Gasteiger partial charge in [0.15, 0.2) is 0 Å². The molecule has 0 radical (unpaired) electrons. The van der Waals surface area contributed by atoms with Gasteiger partial charge in [0.1, 0.15) is 0 Å². The molecule has 8 heteroatoms. The van der Waals surface area contributed by atoms with Gasteiger partial charge in [-0.2, -0.15) is 5.10 Å². The highest BCUT2D eigenvalue weighted by Gasteiger charge is 2.16. The lowest BCUT2D eigenvalue weighted by Gasteiger charge is -2.22. The summed E-state index contributed by atoms with van der Waals surface area (Å²) >= 11 is 6.11. The first-order valence-electron chi connectivity index (χ1n) is 7.41. The van der Waals surface area contributed by atoms with Gasteiger partial charge in [-0.3, -0.25) is 9.48 Å². The van der Waals surface area contributed by atoms with Crippen molar-refractivity contribution >= 4 is 34.9 Å². The van der Waals surface area contributed by atoms with Crippen molar-refractivity contribution in [2.24, 2.45) is 7.05 Å². The molecule has 0 aliphatic heterocycles. The van der Waals surface area contributed by atoms with Crippen LogP contribution in [0.2, 0.25) is 5.02 Å². The zero-order chi connectivity index (χ0) is 17.9. The molecule has 2 rings (SSSR count). The van der Waals surface area contributed by atoms with Crippen LogP contribution in [-0.2, 0) is 7.05 Å². The maximum atomic E-state index is 12.4. The summed E-state index contributed by atoms with van der Waals surface area (Å²) in [7, 11) is 3.48. The zero-order valence-electron chi connectivity index (χ0n) is 14.0. The van der Waals surface area contributed by atoms with Crippen molar-refractivity contribution in [3.8, 4) is 0 Å². The molecule has 0 aliphatic carbocycles. The minimum Gasteiger partial charge on any atom is -0.339 e. The molecule has 2 N–H and O–H groups in total. The molecule has 0 aliphatic rings. The van der Waals surface area contributed by atoms with Crippen molar-refractivity contribution in [1.82, 2.24) is 14.7 Å². The number of aryl methyl sites for hydroxylation is 1. The lowest BCUT2D eigenvalue weighted by molar-refractivity contribution is 0.0755. The van der Waals surface area contributed by atoms with Gasteiger partial charge in [0.25, 0.3) is 5.91 Å². The van der Waals surface area contributed by atoms with Crippen molar-refractivity contribution in [2.45, 2.75) is 19.9 Å². The first-order valence-corrected chi connectivity index (χ1v) is 7.79. The standard InChI is InChI=1S/C16H20ClN5O2/c1-10(2)22(4)15(23)11-5-6-13(17)14(7-11)20-16(24)19-12-8-18-21(3)9-12/h5-10H,1-4H3,(H2,19,20,24). The number of hydrogen-bond acceptors (Lipinski definition) is 3. The molecule has 0 unspecified atom stereocenters. The SMILES string of the molecule is CC(C)N(C)C(=O)c1ccc(Cl)c(NC(=O)Nc2cnn(C)c2)c1. The number of nitrogens with zero attached hydrogens (tertiary/aromatic N) is 3. The van der Waals surface area contributed by atoms with Crippen LogP contribution in [0.3, 0.4) is 0 Å². The number of aromatic nitrogens is 2. The number of amides is 3. The second-order valence-corrected chi connectivity index (χ2v) is 6.09. The molecule has 7 nitrogen and oxygen atoms in total. The molecule has 0 bridgehead atoms. The predicted octanol–water partition coefficient (Wildman–Crippen LogP) is 3.20. The van der Waals surface area contributed by atoms with Crippen LogP contribution in [0.15, 0.2) is 30.6 Å². The van der Waals surface area contributed by atoms with Crippen molar-refractivity contribution in [2.75, 3.05) is 17.7 Å². The highest BCUT2D eigenvalue weighted by atomic mass is 35.5. The summed E-state index contributed by atoms with van der Waals surface area (Å²) in [6.07, 6.45) is 3.19. The Hall–Kier alpha value is -2.54. The van der Waals surface area contributed by atoms with E-state index < -0.39 is 6.03 Å². The summed E-state index contributed by atoms with van der Waals surface area (Å²) in [5.74, 6) is -0.141. The Morgan fingerprint density at radius 1 is 1.29 bits per heavy atom. The maximum Gasteiger partial charge on any atom is 0.323 e. The third-order valence-electron chi connectivity index (χ3n) is 3.52. The van der Waals surface area contributed by atoms with E-state index in [2.05, 4.69) is 15.7 Å². The number of halogens is 1. The Kier molecular flexibility index (Phi) is 5.46. The Labute approximate surface area is 145 Å². The molecule has 1 heterocycles. The van der Waals surface area contributed by atoms with E-state index >= 15 is 0 Å². The van der Waals surface area contributed by atoms with Gasteiger partial charge in [-0.15, -0.1) is 0 Å². The van der Waals surface area contributed by atoms with Crippen LogP contribution in [0.4, 0.5) is 16.2 Å². The van der Waals surface area contributed by atoms with Crippen molar-refractivity contribution < 1.29 is 9.59 Å². The number of rotatable bonds is 4. The van der Waals surface area contributed by atoms with E-state index in [4.69, 9.17) is 11.6 Å². The first kappa shape index (κ1) is 17.8. The molecule has 1 aromatic carbocycles. The van der Waals surface area contributed by atoms with Gasteiger partial charge in [-0.05, 0) is 32.0 Å². The van der Waals surface area contributed by atoms with Gasteiger partial charge in [0, 0.05) is 31.9 Å². The molecule has 1 aromatic heterocycles. The summed E-state index contributed by atoms with van der Waals surface area (Å²) in [5, 5.41) is 9.60. The number of anilines is 2. The number of carbonyl (C=O) groups excluding carboxylic acids is 2. The number of carbonyl (C=O) groups is 2. The van der Waals surface area contributed by atoms with Gasteiger partial charge >= 0.3 is 6.03 Å². The largest absolute Gasteiger partial charge is 0.339 e. The molecular weight excluding hydrogens is 330 g/mol. The van der Waals surface area contributed by atoms with Gasteiger partial charge < -0.3 is 15.5 Å². The fraction of sp³-hybridized carbons (Fsp3) is 0.312. The normalized spacial score (nSPS) is 10.6. The average Bonchev–Trinajstić information content (AvgIpc) is 2.92. The van der Waals surface area contributed by atoms with Crippen LogP contribution in [0.5, 0.6) is 0 Å². The third kappa shape index (κ3) is 4.26. The highest BCUT2D eigenvalue weighted by Crippen LogP contribution is 2.24. The molecule has 0 saturated carbocycles. The number of benzene rings is 1. The van der Waals surface area contributed by atoms with E-state index in [1.807, 2.05) is 13.8 Å². The third-order valence-corrected chi connectivity index (χ3v) is 3.85. The number of urea groups is 1. The van der Waals surface area contributed by atoms with Crippen LogP contribution in [0, 0.1) is 0 Å². The molecule has 128 valence electrons. The Morgan fingerprint density at radius 3 is 2.58 bits per heavy atom. The summed E-state index contributed by atoms with van der Waals surface area (Å²) in [5.41, 5.74) is 1.37. The van der Waals surface area contributed by atoms with Gasteiger partial charge in [-0.25, -0.2) is 4.79 Å². The van der Waals surface area contributed by atoms with Crippen molar-refractivity contribution in [1.29, 1.82) is 0 Å². The van der Waals surface area contributed by atoms with Crippen LogP contribution in [0.1, 0.15) is 24.2 Å². The Balaban J connectivity index is 2.13. The molecule has 3 amide bonds. The molecule has 0 saturated heterocycles. The van der Waals surface area contributed by atoms with Crippen LogP contribution >= 0.6 is 11.6 Å². The molecule has 0 spiro atoms. The Bertz CT molecular complexity index is 757. The quantitative estimate of drug-likeness (QED) is 0.889. The second-order valence-electron chi connectivity index (χ2n) is 5.69. The summed E-state index contributed by atoms with van der Waals surface area (Å²) in [6, 6.07) is 4.38. The predicted molar refractivity (Wildman–Crippen MR) is 94.5 cm³/mol. The van der Waals surface area contributed by atoms with Crippen LogP contribution in [-0.4, -0.2) is 39.7 Å². The molecular formula is C16H20ClN5O2. The molecule has 2 aromatic rings. The summed E-state index contributed by atoms with van der Waals surface area (Å²) in [6.45, 7) is 3.85. The minimum absolute atomic E-state index is 0.0680. The van der Waals surface area contributed by atoms with E-state index in [1.165, 1.54) is 6.20 Å². The van der Waals surface area contributed by atoms with E-state index in [1.54, 1.807) is 48.1 Å². The highest BCUT2D eigenvalue weighted by molar-refractivity contribution is 6.34. The summed E-state index contributed by atoms with van der Waals surface area (Å²) in [4.78, 5) is 26.0. The van der Waals surface area contributed by atoms with E-state index in [0.29, 0.717) is 22.0 Å². The van der Waals surface area contributed by atoms with Gasteiger partial charge in [0.05, 0.1) is 22.6 Å². The smallest absolute Gasteiger partial charge is 0.323 e. The molecule has 0 atom stereocenters. The zero-order valence-corrected chi connectivity index (χ0v) is 14.8. The van der Waals surface area contributed by atoms with Gasteiger partial charge in [-0.1, -0.05) is 11.6 Å². The lowest BCUT2D eigenvalue weighted by atomic mass is 10.1. The Morgan fingerprint density at radius 2 is 2.00 bits per heavy atom. The van der Waals surface area contributed by atoms with Crippen LogP contribution in [0.25, 0.3) is 0 Å². The molecule has 0 fully saturated rings. The first-order chi connectivity index (χ1) is 11.3. The van der Waals surface area contributed by atoms with Gasteiger partial charge in [0.2, 0.25) is 0 Å². The van der Waals surface area contributed by atoms with E-state index in [9.17, 15) is 9.59 Å². The van der Waals surface area contributed by atoms with Crippen LogP contribution < -0.4 is 10.6 Å². The molecule has 24 heavy (non-hydrogen) atoms. The summed E-state index contributed by atoms with van der Waals surface area (Å²) < 4.78 is 1.57. The van der Waals surface area contributed by atoms with E-state index in [0.717, 1.165) is 0 Å².